The van der Waals surface area contributed by atoms with Crippen LogP contribution in [0.25, 0.3) is 0 Å². The highest BCUT2D eigenvalue weighted by atomic mass is 35.5. The standard InChI is InChI=1S/C13H13ClN2/c1-2-10-3-4-12(16-9-10)8-13-7-11(14)5-6-15-13/h3-7,9H,2,8H2,1H3. The summed E-state index contributed by atoms with van der Waals surface area (Å²) in [5.41, 5.74) is 3.22. The Morgan fingerprint density at radius 1 is 1.12 bits per heavy atom. The van der Waals surface area contributed by atoms with Gasteiger partial charge in [0.1, 0.15) is 0 Å². The van der Waals surface area contributed by atoms with Gasteiger partial charge in [-0.25, -0.2) is 0 Å². The molecule has 0 saturated carbocycles. The first-order valence-electron chi connectivity index (χ1n) is 5.32. The van der Waals surface area contributed by atoms with E-state index in [0.29, 0.717) is 0 Å². The molecule has 0 aliphatic rings. The molecular formula is C13H13ClN2. The monoisotopic (exact) mass is 232 g/mol. The molecule has 2 heterocycles. The SMILES string of the molecule is CCc1ccc(Cc2cc(Cl)ccn2)nc1. The minimum Gasteiger partial charge on any atom is -0.261 e. The molecule has 2 aromatic heterocycles. The lowest BCUT2D eigenvalue weighted by atomic mass is 10.1. The van der Waals surface area contributed by atoms with Gasteiger partial charge in [0.2, 0.25) is 0 Å². The van der Waals surface area contributed by atoms with E-state index in [1.54, 1.807) is 12.3 Å². The molecule has 2 nitrogen and oxygen atoms in total. The molecule has 0 fully saturated rings. The molecule has 0 spiro atoms. The van der Waals surface area contributed by atoms with Gasteiger partial charge in [-0.1, -0.05) is 24.6 Å². The summed E-state index contributed by atoms with van der Waals surface area (Å²) in [5, 5.41) is 0.718. The molecule has 0 atom stereocenters. The van der Waals surface area contributed by atoms with Crippen molar-refractivity contribution < 1.29 is 0 Å². The number of pyridine rings is 2. The molecule has 0 bridgehead atoms. The minimum atomic E-state index is 0.718. The number of hydrogen-bond donors (Lipinski definition) is 0. The maximum atomic E-state index is 5.90. The van der Waals surface area contributed by atoms with Gasteiger partial charge in [-0.3, -0.25) is 9.97 Å². The van der Waals surface area contributed by atoms with Crippen LogP contribution in [0.2, 0.25) is 5.02 Å². The van der Waals surface area contributed by atoms with Crippen molar-refractivity contribution >= 4 is 11.6 Å². The van der Waals surface area contributed by atoms with Crippen molar-refractivity contribution in [3.8, 4) is 0 Å². The van der Waals surface area contributed by atoms with E-state index in [4.69, 9.17) is 11.6 Å². The van der Waals surface area contributed by atoms with Crippen LogP contribution in [0.15, 0.2) is 36.7 Å². The first-order chi connectivity index (χ1) is 7.78. The molecule has 0 aromatic carbocycles. The highest BCUT2D eigenvalue weighted by Gasteiger charge is 2.00. The van der Waals surface area contributed by atoms with E-state index in [1.807, 2.05) is 18.3 Å². The van der Waals surface area contributed by atoms with Crippen molar-refractivity contribution in [2.75, 3.05) is 0 Å². The van der Waals surface area contributed by atoms with Crippen LogP contribution in [-0.2, 0) is 12.8 Å². The summed E-state index contributed by atoms with van der Waals surface area (Å²) >= 11 is 5.90. The first kappa shape index (κ1) is 11.1. The first-order valence-corrected chi connectivity index (χ1v) is 5.70. The Morgan fingerprint density at radius 2 is 2.00 bits per heavy atom. The molecule has 0 aliphatic heterocycles. The summed E-state index contributed by atoms with van der Waals surface area (Å²) in [6.45, 7) is 2.12. The fraction of sp³-hybridized carbons (Fsp3) is 0.231. The zero-order valence-corrected chi connectivity index (χ0v) is 9.91. The molecule has 0 radical (unpaired) electrons. The number of halogens is 1. The van der Waals surface area contributed by atoms with Crippen LogP contribution in [0.3, 0.4) is 0 Å². The van der Waals surface area contributed by atoms with Gasteiger partial charge in [0.05, 0.1) is 0 Å². The van der Waals surface area contributed by atoms with Crippen LogP contribution in [0.5, 0.6) is 0 Å². The molecular weight excluding hydrogens is 220 g/mol. The lowest BCUT2D eigenvalue weighted by molar-refractivity contribution is 0.992. The third-order valence-corrected chi connectivity index (χ3v) is 2.67. The van der Waals surface area contributed by atoms with Gasteiger partial charge in [-0.05, 0) is 30.2 Å². The van der Waals surface area contributed by atoms with Crippen molar-refractivity contribution in [2.24, 2.45) is 0 Å². The van der Waals surface area contributed by atoms with E-state index in [9.17, 15) is 0 Å². The topological polar surface area (TPSA) is 25.8 Å². The summed E-state index contributed by atoms with van der Waals surface area (Å²) < 4.78 is 0. The predicted octanol–water partition coefficient (Wildman–Crippen LogP) is 3.28. The number of nitrogens with zero attached hydrogens (tertiary/aromatic N) is 2. The Kier molecular flexibility index (Phi) is 3.52. The van der Waals surface area contributed by atoms with E-state index in [1.165, 1.54) is 5.56 Å². The molecule has 82 valence electrons. The molecule has 0 saturated heterocycles. The summed E-state index contributed by atoms with van der Waals surface area (Å²) in [4.78, 5) is 8.64. The summed E-state index contributed by atoms with van der Waals surface area (Å²) in [6, 6.07) is 7.80. The number of hydrogen-bond acceptors (Lipinski definition) is 2. The molecule has 0 unspecified atom stereocenters. The molecule has 2 aromatic rings. The van der Waals surface area contributed by atoms with Crippen LogP contribution in [0, 0.1) is 0 Å². The van der Waals surface area contributed by atoms with Gasteiger partial charge in [-0.15, -0.1) is 0 Å². The van der Waals surface area contributed by atoms with Crippen molar-refractivity contribution in [3.05, 3.63) is 58.6 Å². The highest BCUT2D eigenvalue weighted by Crippen LogP contribution is 2.11. The van der Waals surface area contributed by atoms with Crippen molar-refractivity contribution in [3.63, 3.8) is 0 Å². The molecule has 0 N–H and O–H groups in total. The zero-order valence-electron chi connectivity index (χ0n) is 9.15. The van der Waals surface area contributed by atoms with E-state index >= 15 is 0 Å². The van der Waals surface area contributed by atoms with Crippen LogP contribution in [-0.4, -0.2) is 9.97 Å². The largest absolute Gasteiger partial charge is 0.261 e. The lowest BCUT2D eigenvalue weighted by Crippen LogP contribution is -1.95. The Bertz CT molecular complexity index is 466. The molecule has 0 aliphatic carbocycles. The van der Waals surface area contributed by atoms with Crippen LogP contribution in [0.1, 0.15) is 23.9 Å². The Balaban J connectivity index is 2.14. The minimum absolute atomic E-state index is 0.718. The Hall–Kier alpha value is -1.41. The number of aromatic nitrogens is 2. The Labute approximate surface area is 100 Å². The van der Waals surface area contributed by atoms with E-state index in [-0.39, 0.29) is 0 Å². The highest BCUT2D eigenvalue weighted by molar-refractivity contribution is 6.30. The van der Waals surface area contributed by atoms with Gasteiger partial charge in [-0.2, -0.15) is 0 Å². The summed E-state index contributed by atoms with van der Waals surface area (Å²) in [7, 11) is 0. The molecule has 0 amide bonds. The predicted molar refractivity (Wildman–Crippen MR) is 65.7 cm³/mol. The Morgan fingerprint density at radius 3 is 2.62 bits per heavy atom. The maximum Gasteiger partial charge on any atom is 0.0477 e. The van der Waals surface area contributed by atoms with Crippen LogP contribution < -0.4 is 0 Å². The number of rotatable bonds is 3. The van der Waals surface area contributed by atoms with E-state index in [2.05, 4.69) is 23.0 Å². The average Bonchev–Trinajstić information content (AvgIpc) is 2.30. The quantitative estimate of drug-likeness (QED) is 0.812. The van der Waals surface area contributed by atoms with E-state index < -0.39 is 0 Å². The normalized spacial score (nSPS) is 10.4. The van der Waals surface area contributed by atoms with Gasteiger partial charge < -0.3 is 0 Å². The maximum absolute atomic E-state index is 5.90. The number of aryl methyl sites for hydroxylation is 1. The van der Waals surface area contributed by atoms with Crippen LogP contribution in [0.4, 0.5) is 0 Å². The smallest absolute Gasteiger partial charge is 0.0477 e. The molecule has 2 rings (SSSR count). The lowest BCUT2D eigenvalue weighted by Gasteiger charge is -2.02. The molecule has 16 heavy (non-hydrogen) atoms. The van der Waals surface area contributed by atoms with Gasteiger partial charge >= 0.3 is 0 Å². The summed E-state index contributed by atoms with van der Waals surface area (Å²) in [5.74, 6) is 0. The third-order valence-electron chi connectivity index (χ3n) is 2.44. The fourth-order valence-electron chi connectivity index (χ4n) is 1.50. The van der Waals surface area contributed by atoms with Crippen LogP contribution >= 0.6 is 11.6 Å². The van der Waals surface area contributed by atoms with Gasteiger partial charge in [0.25, 0.3) is 0 Å². The van der Waals surface area contributed by atoms with E-state index in [0.717, 1.165) is 29.3 Å². The van der Waals surface area contributed by atoms with Gasteiger partial charge in [0, 0.05) is 35.2 Å². The van der Waals surface area contributed by atoms with Crippen molar-refractivity contribution in [1.82, 2.24) is 9.97 Å². The fourth-order valence-corrected chi connectivity index (χ4v) is 1.68. The summed E-state index contributed by atoms with van der Waals surface area (Å²) in [6.07, 6.45) is 5.38. The van der Waals surface area contributed by atoms with Crippen molar-refractivity contribution in [1.29, 1.82) is 0 Å². The second-order valence-corrected chi connectivity index (χ2v) is 4.09. The third kappa shape index (κ3) is 2.80. The van der Waals surface area contributed by atoms with Crippen molar-refractivity contribution in [2.45, 2.75) is 19.8 Å². The van der Waals surface area contributed by atoms with Gasteiger partial charge in [0.15, 0.2) is 0 Å². The second kappa shape index (κ2) is 5.08. The second-order valence-electron chi connectivity index (χ2n) is 3.65. The zero-order chi connectivity index (χ0) is 11.4. The average molecular weight is 233 g/mol. The molecule has 3 heteroatoms.